The van der Waals surface area contributed by atoms with Crippen LogP contribution in [0.2, 0.25) is 0 Å². The third-order valence-electron chi connectivity index (χ3n) is 5.88. The van der Waals surface area contributed by atoms with Crippen LogP contribution in [-0.2, 0) is 16.1 Å². The molecule has 2 heterocycles. The maximum Gasteiger partial charge on any atom is 0.295 e. The molecule has 0 spiro atoms. The van der Waals surface area contributed by atoms with Crippen molar-refractivity contribution in [3.63, 3.8) is 0 Å². The molecule has 1 aromatic heterocycles. The molecule has 1 fully saturated rings. The normalized spacial score (nSPS) is 17.6. The molecule has 1 amide bonds. The summed E-state index contributed by atoms with van der Waals surface area (Å²) in [5.74, 6) is -0.937. The van der Waals surface area contributed by atoms with Gasteiger partial charge in [-0.05, 0) is 54.8 Å². The van der Waals surface area contributed by atoms with Crippen molar-refractivity contribution in [2.75, 3.05) is 7.11 Å². The molecule has 2 aromatic carbocycles. The molecule has 0 radical (unpaired) electrons. The van der Waals surface area contributed by atoms with Gasteiger partial charge in [-0.3, -0.25) is 14.6 Å². The second-order valence-electron chi connectivity index (χ2n) is 7.82. The number of hydrogen-bond donors (Lipinski definition) is 1. The topological polar surface area (TPSA) is 79.7 Å². The summed E-state index contributed by atoms with van der Waals surface area (Å²) in [5.41, 5.74) is 4.09. The van der Waals surface area contributed by atoms with E-state index in [2.05, 4.69) is 4.98 Å². The number of aliphatic hydroxyl groups is 1. The predicted octanol–water partition coefficient (Wildman–Crippen LogP) is 4.33. The van der Waals surface area contributed by atoms with Crippen molar-refractivity contribution in [1.82, 2.24) is 9.88 Å². The Labute approximate surface area is 186 Å². The van der Waals surface area contributed by atoms with E-state index in [0.29, 0.717) is 16.9 Å². The Morgan fingerprint density at radius 3 is 2.44 bits per heavy atom. The minimum atomic E-state index is -0.746. The Hall–Kier alpha value is -3.93. The highest BCUT2D eigenvalue weighted by molar-refractivity contribution is 6.46. The molecular weight excluding hydrogens is 404 g/mol. The maximum atomic E-state index is 13.2. The van der Waals surface area contributed by atoms with Crippen molar-refractivity contribution in [1.29, 1.82) is 0 Å². The van der Waals surface area contributed by atoms with Gasteiger partial charge < -0.3 is 14.7 Å². The number of rotatable bonds is 5. The zero-order chi connectivity index (χ0) is 22.8. The zero-order valence-corrected chi connectivity index (χ0v) is 18.2. The highest BCUT2D eigenvalue weighted by Crippen LogP contribution is 2.40. The molecule has 162 valence electrons. The van der Waals surface area contributed by atoms with E-state index in [1.807, 2.05) is 50.2 Å². The van der Waals surface area contributed by atoms with Crippen LogP contribution in [0.25, 0.3) is 5.76 Å². The van der Waals surface area contributed by atoms with Crippen LogP contribution in [0.3, 0.4) is 0 Å². The van der Waals surface area contributed by atoms with E-state index in [0.717, 1.165) is 16.7 Å². The molecule has 32 heavy (non-hydrogen) atoms. The van der Waals surface area contributed by atoms with Gasteiger partial charge in [0, 0.05) is 23.5 Å². The van der Waals surface area contributed by atoms with Crippen LogP contribution in [0.1, 0.15) is 33.9 Å². The van der Waals surface area contributed by atoms with E-state index in [1.165, 1.54) is 4.90 Å². The van der Waals surface area contributed by atoms with Crippen LogP contribution in [0.4, 0.5) is 0 Å². The van der Waals surface area contributed by atoms with Gasteiger partial charge in [-0.15, -0.1) is 0 Å². The molecule has 1 unspecified atom stereocenters. The number of ketones is 1. The molecule has 1 saturated heterocycles. The van der Waals surface area contributed by atoms with E-state index in [9.17, 15) is 14.7 Å². The summed E-state index contributed by atoms with van der Waals surface area (Å²) in [6.45, 7) is 4.07. The van der Waals surface area contributed by atoms with Crippen molar-refractivity contribution >= 4 is 17.4 Å². The minimum Gasteiger partial charge on any atom is -0.507 e. The first-order chi connectivity index (χ1) is 15.4. The number of carbonyl (C=O) groups is 2. The van der Waals surface area contributed by atoms with E-state index >= 15 is 0 Å². The Bertz CT molecular complexity index is 1220. The first-order valence-corrected chi connectivity index (χ1v) is 10.3. The van der Waals surface area contributed by atoms with E-state index in [4.69, 9.17) is 4.74 Å². The number of pyridine rings is 1. The van der Waals surface area contributed by atoms with Crippen LogP contribution < -0.4 is 4.74 Å². The molecule has 6 nitrogen and oxygen atoms in total. The fourth-order valence-corrected chi connectivity index (χ4v) is 4.00. The van der Waals surface area contributed by atoms with Gasteiger partial charge in [-0.1, -0.05) is 30.3 Å². The molecular formula is C26H24N2O4. The molecule has 1 atom stereocenters. The Balaban J connectivity index is 1.87. The minimum absolute atomic E-state index is 0.0688. The highest BCUT2D eigenvalue weighted by atomic mass is 16.5. The van der Waals surface area contributed by atoms with Crippen LogP contribution >= 0.6 is 0 Å². The summed E-state index contributed by atoms with van der Waals surface area (Å²) in [6, 6.07) is 15.6. The molecule has 3 aromatic rings. The number of amides is 1. The van der Waals surface area contributed by atoms with E-state index in [1.54, 1.807) is 37.7 Å². The second kappa shape index (κ2) is 8.67. The lowest BCUT2D eigenvalue weighted by molar-refractivity contribution is -0.140. The predicted molar refractivity (Wildman–Crippen MR) is 121 cm³/mol. The Morgan fingerprint density at radius 2 is 1.75 bits per heavy atom. The largest absolute Gasteiger partial charge is 0.507 e. The third kappa shape index (κ3) is 3.75. The number of nitrogens with zero attached hydrogens (tertiary/aromatic N) is 2. The van der Waals surface area contributed by atoms with Crippen molar-refractivity contribution < 1.29 is 19.4 Å². The molecule has 4 rings (SSSR count). The number of benzene rings is 2. The quantitative estimate of drug-likeness (QED) is 0.372. The number of Topliss-reactive ketones (excluding diaryl/α,β-unsaturated/α-hetero) is 1. The number of ether oxygens (including phenoxy) is 1. The molecule has 0 bridgehead atoms. The lowest BCUT2D eigenvalue weighted by atomic mass is 9.94. The first-order valence-electron chi connectivity index (χ1n) is 10.3. The van der Waals surface area contributed by atoms with Gasteiger partial charge in [0.1, 0.15) is 11.5 Å². The number of hydrogen-bond acceptors (Lipinski definition) is 5. The summed E-state index contributed by atoms with van der Waals surface area (Å²) in [7, 11) is 1.56. The van der Waals surface area contributed by atoms with Gasteiger partial charge in [0.05, 0.1) is 25.3 Å². The lowest BCUT2D eigenvalue weighted by Crippen LogP contribution is -2.29. The molecule has 1 N–H and O–H groups in total. The monoisotopic (exact) mass is 428 g/mol. The number of aliphatic hydroxyl groups excluding tert-OH is 1. The average molecular weight is 428 g/mol. The van der Waals surface area contributed by atoms with Gasteiger partial charge in [0.25, 0.3) is 11.7 Å². The van der Waals surface area contributed by atoms with Gasteiger partial charge in [-0.25, -0.2) is 0 Å². The lowest BCUT2D eigenvalue weighted by Gasteiger charge is -2.26. The van der Waals surface area contributed by atoms with Crippen LogP contribution in [0.5, 0.6) is 5.75 Å². The summed E-state index contributed by atoms with van der Waals surface area (Å²) in [5, 5.41) is 11.2. The molecule has 0 saturated carbocycles. The standard InChI is InChI=1S/C26H24N2O4/c1-16-8-9-19(14-17(16)2)24(29)22-23(18-10-12-27-13-11-18)28(26(31)25(22)30)15-20-6-4-5-7-21(20)32-3/h4-14,23,29H,15H2,1-3H3/b24-22-. The zero-order valence-electron chi connectivity index (χ0n) is 18.2. The van der Waals surface area contributed by atoms with Crippen LogP contribution in [0.15, 0.2) is 72.6 Å². The van der Waals surface area contributed by atoms with Gasteiger partial charge in [0.2, 0.25) is 0 Å². The van der Waals surface area contributed by atoms with Crippen molar-refractivity contribution in [2.45, 2.75) is 26.4 Å². The molecule has 1 aliphatic heterocycles. The Morgan fingerprint density at radius 1 is 1.03 bits per heavy atom. The van der Waals surface area contributed by atoms with Gasteiger partial charge >= 0.3 is 0 Å². The fraction of sp³-hybridized carbons (Fsp3) is 0.192. The van der Waals surface area contributed by atoms with Crippen molar-refractivity contribution in [3.8, 4) is 5.75 Å². The SMILES string of the molecule is COc1ccccc1CN1C(=O)C(=O)/C(=C(\O)c2ccc(C)c(C)c2)C1c1ccncc1. The van der Waals surface area contributed by atoms with Crippen molar-refractivity contribution in [2.24, 2.45) is 0 Å². The number of para-hydroxylation sites is 1. The summed E-state index contributed by atoms with van der Waals surface area (Å²) < 4.78 is 5.43. The van der Waals surface area contributed by atoms with Crippen LogP contribution in [0, 0.1) is 13.8 Å². The number of likely N-dealkylation sites (tertiary alicyclic amines) is 1. The van der Waals surface area contributed by atoms with Crippen LogP contribution in [-0.4, -0.2) is 33.8 Å². The summed E-state index contributed by atoms with van der Waals surface area (Å²) in [6.07, 6.45) is 3.21. The maximum absolute atomic E-state index is 13.2. The smallest absolute Gasteiger partial charge is 0.295 e. The average Bonchev–Trinajstić information content (AvgIpc) is 3.06. The van der Waals surface area contributed by atoms with E-state index < -0.39 is 17.7 Å². The van der Waals surface area contributed by atoms with Gasteiger partial charge in [-0.2, -0.15) is 0 Å². The van der Waals surface area contributed by atoms with E-state index in [-0.39, 0.29) is 17.9 Å². The molecule has 1 aliphatic rings. The summed E-state index contributed by atoms with van der Waals surface area (Å²) in [4.78, 5) is 31.8. The number of aryl methyl sites for hydroxylation is 2. The molecule has 6 heteroatoms. The molecule has 0 aliphatic carbocycles. The number of aromatic nitrogens is 1. The number of methoxy groups -OCH3 is 1. The highest BCUT2D eigenvalue weighted by Gasteiger charge is 2.46. The number of carbonyl (C=O) groups excluding carboxylic acids is 2. The Kier molecular flexibility index (Phi) is 5.77. The first kappa shape index (κ1) is 21.3. The summed E-state index contributed by atoms with van der Waals surface area (Å²) >= 11 is 0. The second-order valence-corrected chi connectivity index (χ2v) is 7.82. The third-order valence-corrected chi connectivity index (χ3v) is 5.88. The van der Waals surface area contributed by atoms with Crippen molar-refractivity contribution in [3.05, 3.63) is 100 Å². The fourth-order valence-electron chi connectivity index (χ4n) is 4.00. The van der Waals surface area contributed by atoms with Gasteiger partial charge in [0.15, 0.2) is 0 Å².